The number of rotatable bonds is 13. The lowest BCUT2D eigenvalue weighted by Gasteiger charge is -2.26. The Morgan fingerprint density at radius 3 is 2.55 bits per heavy atom. The van der Waals surface area contributed by atoms with Crippen LogP contribution in [-0.2, 0) is 29.2 Å². The average Bonchev–Trinajstić information content (AvgIpc) is 4.06. The van der Waals surface area contributed by atoms with Gasteiger partial charge in [0.1, 0.15) is 23.4 Å². The van der Waals surface area contributed by atoms with Crippen LogP contribution >= 0.6 is 11.3 Å². The van der Waals surface area contributed by atoms with Crippen molar-refractivity contribution in [1.82, 2.24) is 14.9 Å². The minimum atomic E-state index is -3.83. The highest BCUT2D eigenvalue weighted by Crippen LogP contribution is 2.50. The van der Waals surface area contributed by atoms with E-state index in [2.05, 4.69) is 21.8 Å². The first-order chi connectivity index (χ1) is 23.6. The van der Waals surface area contributed by atoms with Crippen LogP contribution in [0.4, 0.5) is 0 Å². The van der Waals surface area contributed by atoms with Crippen molar-refractivity contribution in [2.24, 2.45) is 17.0 Å². The summed E-state index contributed by atoms with van der Waals surface area (Å²) in [5.74, 6) is -1.50. The maximum absolute atomic E-state index is 14.0. The van der Waals surface area contributed by atoms with Crippen molar-refractivity contribution >= 4 is 45.3 Å². The van der Waals surface area contributed by atoms with Gasteiger partial charge >= 0.3 is 0 Å². The van der Waals surface area contributed by atoms with Gasteiger partial charge in [-0.15, -0.1) is 17.9 Å². The van der Waals surface area contributed by atoms with E-state index in [1.807, 2.05) is 66.0 Å². The van der Waals surface area contributed by atoms with Gasteiger partial charge in [0.05, 0.1) is 25.1 Å². The molecular weight excluding hydrogens is 665 g/mol. The fourth-order valence-electron chi connectivity index (χ4n) is 6.74. The summed E-state index contributed by atoms with van der Waals surface area (Å²) in [6, 6.07) is 18.5. The molecule has 0 spiro atoms. The van der Waals surface area contributed by atoms with E-state index in [-0.39, 0.29) is 37.1 Å². The number of likely N-dealkylation sites (tertiary alicyclic amines) is 1. The molecular formula is C36H38N4O7S2. The summed E-state index contributed by atoms with van der Waals surface area (Å²) in [6.45, 7) is 3.90. The zero-order valence-corrected chi connectivity index (χ0v) is 28.6. The predicted octanol–water partition coefficient (Wildman–Crippen LogP) is 4.22. The third-order valence-corrected chi connectivity index (χ3v) is 12.6. The zero-order chi connectivity index (χ0) is 34.3. The molecule has 2 aromatic carbocycles. The van der Waals surface area contributed by atoms with Crippen LogP contribution in [-0.4, -0.2) is 73.8 Å². The number of amides is 3. The number of thiophene rings is 1. The zero-order valence-electron chi connectivity index (χ0n) is 27.0. The molecule has 3 amide bonds. The Bertz CT molecular complexity index is 1890. The molecule has 6 atom stereocenters. The second-order valence-corrected chi connectivity index (χ2v) is 16.1. The molecule has 7 rings (SSSR count). The molecule has 1 aliphatic heterocycles. The number of nitrogens with one attached hydrogen (secondary N) is 2. The summed E-state index contributed by atoms with van der Waals surface area (Å²) in [7, 11) is -2.24. The first-order valence-electron chi connectivity index (χ1n) is 16.4. The van der Waals surface area contributed by atoms with Crippen LogP contribution in [0.3, 0.4) is 0 Å². The van der Waals surface area contributed by atoms with E-state index < -0.39 is 50.7 Å². The van der Waals surface area contributed by atoms with Crippen LogP contribution in [0.2, 0.25) is 0 Å². The molecule has 2 heterocycles. The summed E-state index contributed by atoms with van der Waals surface area (Å²) in [4.78, 5) is 49.8. The summed E-state index contributed by atoms with van der Waals surface area (Å²) in [5, 5.41) is 8.52. The molecule has 4 fully saturated rings. The highest BCUT2D eigenvalue weighted by Gasteiger charge is 2.62. The Balaban J connectivity index is 1.10. The van der Waals surface area contributed by atoms with E-state index in [9.17, 15) is 22.8 Å². The lowest BCUT2D eigenvalue weighted by Crippen LogP contribution is -2.56. The molecule has 3 aromatic rings. The number of oxime groups is 1. The van der Waals surface area contributed by atoms with Crippen LogP contribution in [0.25, 0.3) is 10.4 Å². The van der Waals surface area contributed by atoms with Crippen molar-refractivity contribution in [1.29, 1.82) is 0 Å². The number of ether oxygens (including phenoxy) is 1. The van der Waals surface area contributed by atoms with Gasteiger partial charge in [0.15, 0.2) is 0 Å². The van der Waals surface area contributed by atoms with E-state index in [4.69, 9.17) is 9.57 Å². The number of carbonyl (C=O) groups is 3. The molecule has 4 aliphatic rings. The Kier molecular flexibility index (Phi) is 8.82. The summed E-state index contributed by atoms with van der Waals surface area (Å²) in [5.41, 5.74) is 1.35. The van der Waals surface area contributed by atoms with Crippen molar-refractivity contribution in [3.63, 3.8) is 0 Å². The topological polar surface area (TPSA) is 143 Å². The van der Waals surface area contributed by atoms with E-state index >= 15 is 0 Å². The van der Waals surface area contributed by atoms with Crippen molar-refractivity contribution in [2.75, 3.05) is 13.7 Å². The molecule has 256 valence electrons. The summed E-state index contributed by atoms with van der Waals surface area (Å²) in [6.07, 6.45) is 4.55. The number of sulfonamides is 1. The monoisotopic (exact) mass is 702 g/mol. The Morgan fingerprint density at radius 1 is 1.08 bits per heavy atom. The molecule has 0 bridgehead atoms. The maximum atomic E-state index is 14.0. The van der Waals surface area contributed by atoms with E-state index in [0.717, 1.165) is 21.6 Å². The van der Waals surface area contributed by atoms with Crippen LogP contribution in [0.1, 0.15) is 49.1 Å². The second kappa shape index (κ2) is 13.1. The standard InChI is InChI=1S/C36H38N4O7S2/c1-3-24-19-36(24,35(43)39-49(44,45)27-12-13-27)38-33(41)31-17-26(21-40(31)34(42)30-18-29(30)22-8-5-4-6-9-22)47-37-20-23-16-25(46-2)11-14-28(23)32-10-7-15-48-32/h3-11,14-16,20,24,26-27,29-31H,1,12-13,17-19,21H2,2H3,(H,38,41)(H,39,43)/b37-20+/t24-,26?,29-,30?,31?,36+/m1/s1. The molecule has 2 N–H and O–H groups in total. The van der Waals surface area contributed by atoms with Gasteiger partial charge in [-0.3, -0.25) is 19.1 Å². The minimum Gasteiger partial charge on any atom is -0.497 e. The van der Waals surface area contributed by atoms with Crippen molar-refractivity contribution in [3.05, 3.63) is 89.8 Å². The van der Waals surface area contributed by atoms with Crippen LogP contribution in [0, 0.1) is 11.8 Å². The number of nitrogens with zero attached hydrogens (tertiary/aromatic N) is 2. The fourth-order valence-corrected chi connectivity index (χ4v) is 8.88. The fraction of sp³-hybridized carbons (Fsp3) is 0.389. The van der Waals surface area contributed by atoms with E-state index in [0.29, 0.717) is 25.0 Å². The molecule has 3 saturated carbocycles. The molecule has 1 aromatic heterocycles. The molecule has 13 heteroatoms. The third-order valence-electron chi connectivity index (χ3n) is 9.88. The highest BCUT2D eigenvalue weighted by atomic mass is 32.2. The first-order valence-corrected chi connectivity index (χ1v) is 18.8. The molecule has 3 unspecified atom stereocenters. The maximum Gasteiger partial charge on any atom is 0.259 e. The largest absolute Gasteiger partial charge is 0.497 e. The van der Waals surface area contributed by atoms with Crippen molar-refractivity contribution in [2.45, 2.75) is 61.0 Å². The van der Waals surface area contributed by atoms with Gasteiger partial charge in [-0.05, 0) is 66.8 Å². The van der Waals surface area contributed by atoms with Gasteiger partial charge in [0, 0.05) is 34.3 Å². The Morgan fingerprint density at radius 2 is 1.88 bits per heavy atom. The molecule has 11 nitrogen and oxygen atoms in total. The number of hydrogen-bond acceptors (Lipinski definition) is 9. The Labute approximate surface area is 289 Å². The van der Waals surface area contributed by atoms with Gasteiger partial charge in [-0.1, -0.05) is 47.6 Å². The lowest BCUT2D eigenvalue weighted by molar-refractivity contribution is -0.140. The number of benzene rings is 2. The van der Waals surface area contributed by atoms with E-state index in [1.54, 1.807) is 30.7 Å². The van der Waals surface area contributed by atoms with Crippen LogP contribution < -0.4 is 14.8 Å². The predicted molar refractivity (Wildman–Crippen MR) is 185 cm³/mol. The van der Waals surface area contributed by atoms with Gasteiger partial charge in [-0.2, -0.15) is 0 Å². The SMILES string of the molecule is C=C[C@@H]1C[C@@]1(NC(=O)C1CC(O/N=C/c2cc(OC)ccc2-c2cccs2)CN1C(=O)C1C[C@@H]1c1ccccc1)C(=O)NS(=O)(=O)C1CC1. The van der Waals surface area contributed by atoms with E-state index in [1.165, 1.54) is 4.90 Å². The van der Waals surface area contributed by atoms with Gasteiger partial charge < -0.3 is 19.8 Å². The first kappa shape index (κ1) is 33.0. The Hall–Kier alpha value is -4.49. The molecule has 3 aliphatic carbocycles. The average molecular weight is 703 g/mol. The second-order valence-electron chi connectivity index (χ2n) is 13.2. The third kappa shape index (κ3) is 6.73. The number of carbonyl (C=O) groups excluding carboxylic acids is 3. The van der Waals surface area contributed by atoms with Gasteiger partial charge in [0.25, 0.3) is 5.91 Å². The normalized spacial score (nSPS) is 27.4. The minimum absolute atomic E-state index is 0.0532. The van der Waals surface area contributed by atoms with Crippen LogP contribution in [0.5, 0.6) is 5.75 Å². The quantitative estimate of drug-likeness (QED) is 0.154. The number of hydrogen-bond donors (Lipinski definition) is 2. The van der Waals surface area contributed by atoms with Crippen molar-refractivity contribution in [3.8, 4) is 16.2 Å². The molecule has 1 saturated heterocycles. The van der Waals surface area contributed by atoms with Crippen LogP contribution in [0.15, 0.2) is 83.9 Å². The summed E-state index contributed by atoms with van der Waals surface area (Å²) >= 11 is 1.60. The van der Waals surface area contributed by atoms with Crippen molar-refractivity contribution < 1.29 is 32.4 Å². The molecule has 0 radical (unpaired) electrons. The van der Waals surface area contributed by atoms with Gasteiger partial charge in [0.2, 0.25) is 21.8 Å². The number of methoxy groups -OCH3 is 1. The smallest absolute Gasteiger partial charge is 0.259 e. The van der Waals surface area contributed by atoms with Gasteiger partial charge in [-0.25, -0.2) is 8.42 Å². The molecule has 49 heavy (non-hydrogen) atoms. The lowest BCUT2D eigenvalue weighted by atomic mass is 10.1. The highest BCUT2D eigenvalue weighted by molar-refractivity contribution is 7.91. The summed E-state index contributed by atoms with van der Waals surface area (Å²) < 4.78 is 32.8.